The summed E-state index contributed by atoms with van der Waals surface area (Å²) in [5, 5.41) is 11.6. The Balaban J connectivity index is 2.44. The van der Waals surface area contributed by atoms with E-state index in [0.29, 0.717) is 5.92 Å². The molecule has 5 nitrogen and oxygen atoms in total. The number of carboxylic acid groups (broad SMARTS) is 1. The van der Waals surface area contributed by atoms with Crippen LogP contribution in [0.2, 0.25) is 0 Å². The number of nitrogens with one attached hydrogen (secondary N) is 1. The van der Waals surface area contributed by atoms with Crippen molar-refractivity contribution in [1.29, 1.82) is 0 Å². The van der Waals surface area contributed by atoms with E-state index in [1.54, 1.807) is 18.7 Å². The molecule has 1 aliphatic heterocycles. The predicted octanol–water partition coefficient (Wildman–Crippen LogP) is 2.07. The lowest BCUT2D eigenvalue weighted by Gasteiger charge is -2.28. The van der Waals surface area contributed by atoms with E-state index < -0.39 is 11.5 Å². The quantitative estimate of drug-likeness (QED) is 0.791. The molecule has 1 rings (SSSR count). The van der Waals surface area contributed by atoms with Gasteiger partial charge in [0.1, 0.15) is 0 Å². The SMILES string of the molecule is CCCC1CCN(C(=O)NC(C)(C)CC(=O)O)C1. The second kappa shape index (κ2) is 6.07. The molecule has 2 amide bonds. The van der Waals surface area contributed by atoms with Crippen LogP contribution >= 0.6 is 0 Å². The molecule has 1 unspecified atom stereocenters. The topological polar surface area (TPSA) is 69.6 Å². The Kier molecular flexibility index (Phi) is 4.99. The Labute approximate surface area is 109 Å². The maximum Gasteiger partial charge on any atom is 0.317 e. The Morgan fingerprint density at radius 1 is 1.44 bits per heavy atom. The lowest BCUT2D eigenvalue weighted by molar-refractivity contribution is -0.138. The standard InChI is InChI=1S/C13H24N2O3/c1-4-5-10-6-7-15(9-10)12(18)14-13(2,3)8-11(16)17/h10H,4-9H2,1-3H3,(H,14,18)(H,16,17). The van der Waals surface area contributed by atoms with Crippen LogP contribution in [-0.2, 0) is 4.79 Å². The average Bonchev–Trinajstić information content (AvgIpc) is 2.63. The van der Waals surface area contributed by atoms with Crippen LogP contribution in [0.15, 0.2) is 0 Å². The fourth-order valence-electron chi connectivity index (χ4n) is 2.45. The van der Waals surface area contributed by atoms with Crippen LogP contribution in [0, 0.1) is 5.92 Å². The van der Waals surface area contributed by atoms with E-state index in [0.717, 1.165) is 32.4 Å². The van der Waals surface area contributed by atoms with Crippen molar-refractivity contribution in [2.45, 2.75) is 52.0 Å². The minimum absolute atomic E-state index is 0.0645. The van der Waals surface area contributed by atoms with Gasteiger partial charge in [-0.1, -0.05) is 13.3 Å². The van der Waals surface area contributed by atoms with Gasteiger partial charge in [0.05, 0.1) is 6.42 Å². The second-order valence-electron chi connectivity index (χ2n) is 5.77. The maximum atomic E-state index is 12.0. The normalized spacial score (nSPS) is 19.9. The first-order valence-electron chi connectivity index (χ1n) is 6.63. The molecule has 0 aliphatic carbocycles. The van der Waals surface area contributed by atoms with Gasteiger partial charge in [-0.3, -0.25) is 4.79 Å². The molecule has 1 heterocycles. The summed E-state index contributed by atoms with van der Waals surface area (Å²) in [5.41, 5.74) is -0.703. The summed E-state index contributed by atoms with van der Waals surface area (Å²) in [4.78, 5) is 24.5. The predicted molar refractivity (Wildman–Crippen MR) is 69.5 cm³/mol. The molecule has 5 heteroatoms. The van der Waals surface area contributed by atoms with Gasteiger partial charge in [-0.15, -0.1) is 0 Å². The van der Waals surface area contributed by atoms with E-state index in [-0.39, 0.29) is 12.5 Å². The van der Waals surface area contributed by atoms with Crippen molar-refractivity contribution in [3.8, 4) is 0 Å². The molecular weight excluding hydrogens is 232 g/mol. The number of hydrogen-bond acceptors (Lipinski definition) is 2. The van der Waals surface area contributed by atoms with E-state index in [4.69, 9.17) is 5.11 Å². The summed E-state index contributed by atoms with van der Waals surface area (Å²) < 4.78 is 0. The molecule has 1 fully saturated rings. The van der Waals surface area contributed by atoms with E-state index in [9.17, 15) is 9.59 Å². The summed E-state index contributed by atoms with van der Waals surface area (Å²) >= 11 is 0. The van der Waals surface area contributed by atoms with Crippen molar-refractivity contribution in [1.82, 2.24) is 10.2 Å². The van der Waals surface area contributed by atoms with Crippen molar-refractivity contribution in [3.63, 3.8) is 0 Å². The zero-order chi connectivity index (χ0) is 13.8. The molecule has 0 aromatic carbocycles. The highest BCUT2D eigenvalue weighted by atomic mass is 16.4. The Hall–Kier alpha value is -1.26. The van der Waals surface area contributed by atoms with Crippen LogP contribution in [0.1, 0.15) is 46.5 Å². The third-order valence-corrected chi connectivity index (χ3v) is 3.31. The average molecular weight is 256 g/mol. The van der Waals surface area contributed by atoms with Crippen molar-refractivity contribution in [3.05, 3.63) is 0 Å². The van der Waals surface area contributed by atoms with Crippen LogP contribution < -0.4 is 5.32 Å². The minimum atomic E-state index is -0.898. The maximum absolute atomic E-state index is 12.0. The van der Waals surface area contributed by atoms with Gasteiger partial charge in [0.15, 0.2) is 0 Å². The van der Waals surface area contributed by atoms with Gasteiger partial charge >= 0.3 is 12.0 Å². The van der Waals surface area contributed by atoms with Crippen molar-refractivity contribution < 1.29 is 14.7 Å². The first kappa shape index (κ1) is 14.8. The lowest BCUT2D eigenvalue weighted by Crippen LogP contribution is -2.50. The molecule has 0 spiro atoms. The lowest BCUT2D eigenvalue weighted by atomic mass is 10.0. The highest BCUT2D eigenvalue weighted by Gasteiger charge is 2.30. The Bertz CT molecular complexity index is 315. The zero-order valence-corrected chi connectivity index (χ0v) is 11.5. The number of urea groups is 1. The molecule has 1 saturated heterocycles. The highest BCUT2D eigenvalue weighted by Crippen LogP contribution is 2.21. The summed E-state index contributed by atoms with van der Waals surface area (Å²) in [6.07, 6.45) is 3.29. The van der Waals surface area contributed by atoms with Crippen LogP contribution in [0.3, 0.4) is 0 Å². The molecule has 0 saturated carbocycles. The molecule has 1 atom stereocenters. The Morgan fingerprint density at radius 3 is 2.67 bits per heavy atom. The number of likely N-dealkylation sites (tertiary alicyclic amines) is 1. The minimum Gasteiger partial charge on any atom is -0.481 e. The van der Waals surface area contributed by atoms with Crippen molar-refractivity contribution in [2.24, 2.45) is 5.92 Å². The number of carbonyl (C=O) groups excluding carboxylic acids is 1. The van der Waals surface area contributed by atoms with Gasteiger partial charge in [0.25, 0.3) is 0 Å². The molecule has 0 radical (unpaired) electrons. The summed E-state index contributed by atoms with van der Waals surface area (Å²) in [7, 11) is 0. The summed E-state index contributed by atoms with van der Waals surface area (Å²) in [5.74, 6) is -0.297. The fourth-order valence-corrected chi connectivity index (χ4v) is 2.45. The number of carboxylic acids is 1. The van der Waals surface area contributed by atoms with Crippen LogP contribution in [0.4, 0.5) is 4.79 Å². The molecule has 18 heavy (non-hydrogen) atoms. The first-order chi connectivity index (χ1) is 8.34. The Morgan fingerprint density at radius 2 is 2.11 bits per heavy atom. The van der Waals surface area contributed by atoms with Crippen molar-refractivity contribution in [2.75, 3.05) is 13.1 Å². The van der Waals surface area contributed by atoms with Crippen LogP contribution in [-0.4, -0.2) is 40.6 Å². The van der Waals surface area contributed by atoms with Crippen LogP contribution in [0.5, 0.6) is 0 Å². The largest absolute Gasteiger partial charge is 0.481 e. The van der Waals surface area contributed by atoms with E-state index in [1.807, 2.05) is 0 Å². The van der Waals surface area contributed by atoms with Gasteiger partial charge in [-0.05, 0) is 32.6 Å². The number of aliphatic carboxylic acids is 1. The number of hydrogen-bond donors (Lipinski definition) is 2. The van der Waals surface area contributed by atoms with E-state index in [1.165, 1.54) is 0 Å². The monoisotopic (exact) mass is 256 g/mol. The number of rotatable bonds is 5. The van der Waals surface area contributed by atoms with Crippen molar-refractivity contribution >= 4 is 12.0 Å². The molecular formula is C13H24N2O3. The number of amides is 2. The van der Waals surface area contributed by atoms with Gasteiger partial charge in [0, 0.05) is 18.6 Å². The number of carbonyl (C=O) groups is 2. The number of nitrogens with zero attached hydrogens (tertiary/aromatic N) is 1. The van der Waals surface area contributed by atoms with E-state index in [2.05, 4.69) is 12.2 Å². The summed E-state index contributed by atoms with van der Waals surface area (Å²) in [6, 6.07) is -0.139. The fraction of sp³-hybridized carbons (Fsp3) is 0.846. The third kappa shape index (κ3) is 4.55. The van der Waals surface area contributed by atoms with Crippen LogP contribution in [0.25, 0.3) is 0 Å². The molecule has 104 valence electrons. The molecule has 0 aromatic rings. The van der Waals surface area contributed by atoms with E-state index >= 15 is 0 Å². The van der Waals surface area contributed by atoms with Gasteiger partial charge in [-0.25, -0.2) is 4.79 Å². The third-order valence-electron chi connectivity index (χ3n) is 3.31. The first-order valence-corrected chi connectivity index (χ1v) is 6.63. The zero-order valence-electron chi connectivity index (χ0n) is 11.5. The van der Waals surface area contributed by atoms with Gasteiger partial charge < -0.3 is 15.3 Å². The van der Waals surface area contributed by atoms with Gasteiger partial charge in [0.2, 0.25) is 0 Å². The highest BCUT2D eigenvalue weighted by molar-refractivity contribution is 5.77. The molecule has 1 aliphatic rings. The molecule has 2 N–H and O–H groups in total. The van der Waals surface area contributed by atoms with Gasteiger partial charge in [-0.2, -0.15) is 0 Å². The summed E-state index contributed by atoms with van der Waals surface area (Å²) in [6.45, 7) is 7.19. The molecule has 0 bridgehead atoms. The second-order valence-corrected chi connectivity index (χ2v) is 5.77. The smallest absolute Gasteiger partial charge is 0.317 e. The molecule has 0 aromatic heterocycles.